The van der Waals surface area contributed by atoms with Gasteiger partial charge in [0, 0.05) is 32.1 Å². The summed E-state index contributed by atoms with van der Waals surface area (Å²) in [5.41, 5.74) is 0. The Labute approximate surface area is 136 Å². The van der Waals surface area contributed by atoms with Crippen molar-refractivity contribution >= 4 is 17.8 Å². The fourth-order valence-electron chi connectivity index (χ4n) is 3.09. The van der Waals surface area contributed by atoms with Crippen LogP contribution in [0.1, 0.15) is 39.5 Å². The third-order valence-electron chi connectivity index (χ3n) is 4.85. The number of carboxylic acids is 1. The lowest BCUT2D eigenvalue weighted by atomic mass is 9.94. The van der Waals surface area contributed by atoms with Gasteiger partial charge in [0.15, 0.2) is 6.10 Å². The lowest BCUT2D eigenvalue weighted by molar-refractivity contribution is -0.156. The summed E-state index contributed by atoms with van der Waals surface area (Å²) < 4.78 is 5.32. The number of rotatable bonds is 4. The first-order chi connectivity index (χ1) is 10.8. The van der Waals surface area contributed by atoms with E-state index in [0.29, 0.717) is 38.8 Å². The molecular formula is C16H26N2O5. The van der Waals surface area contributed by atoms with Gasteiger partial charge >= 0.3 is 5.97 Å². The lowest BCUT2D eigenvalue weighted by Crippen LogP contribution is -2.47. The molecule has 1 N–H and O–H groups in total. The molecule has 2 heterocycles. The van der Waals surface area contributed by atoms with Crippen molar-refractivity contribution in [2.24, 2.45) is 5.92 Å². The molecule has 7 nitrogen and oxygen atoms in total. The predicted octanol–water partition coefficient (Wildman–Crippen LogP) is 0.724. The van der Waals surface area contributed by atoms with Crippen molar-refractivity contribution in [2.45, 2.75) is 57.8 Å². The molecule has 0 spiro atoms. The minimum atomic E-state index is -1.01. The van der Waals surface area contributed by atoms with Gasteiger partial charge in [0.25, 0.3) is 5.91 Å². The zero-order valence-corrected chi connectivity index (χ0v) is 14.0. The van der Waals surface area contributed by atoms with Crippen LogP contribution in [-0.2, 0) is 19.1 Å². The number of carbonyl (C=O) groups excluding carboxylic acids is 2. The fraction of sp³-hybridized carbons (Fsp3) is 0.812. The Hall–Kier alpha value is -1.63. The summed E-state index contributed by atoms with van der Waals surface area (Å²) in [6.07, 6.45) is 0.599. The zero-order chi connectivity index (χ0) is 17.1. The molecule has 0 radical (unpaired) electrons. The van der Waals surface area contributed by atoms with Gasteiger partial charge in [-0.2, -0.15) is 0 Å². The highest BCUT2D eigenvalue weighted by molar-refractivity contribution is 5.83. The topological polar surface area (TPSA) is 87.2 Å². The molecule has 2 rings (SSSR count). The molecule has 23 heavy (non-hydrogen) atoms. The van der Waals surface area contributed by atoms with Crippen molar-refractivity contribution in [3.8, 4) is 0 Å². The highest BCUT2D eigenvalue weighted by Gasteiger charge is 2.38. The third-order valence-corrected chi connectivity index (χ3v) is 4.85. The Bertz CT molecular complexity index is 471. The van der Waals surface area contributed by atoms with Crippen LogP contribution in [0.3, 0.4) is 0 Å². The highest BCUT2D eigenvalue weighted by Crippen LogP contribution is 2.25. The maximum atomic E-state index is 12.4. The van der Waals surface area contributed by atoms with Gasteiger partial charge in [0.2, 0.25) is 5.91 Å². The predicted molar refractivity (Wildman–Crippen MR) is 82.7 cm³/mol. The number of amides is 2. The first-order valence-electron chi connectivity index (χ1n) is 8.25. The summed E-state index contributed by atoms with van der Waals surface area (Å²) in [5.74, 6) is -1.06. The Kier molecular flexibility index (Phi) is 5.62. The van der Waals surface area contributed by atoms with Gasteiger partial charge < -0.3 is 19.6 Å². The molecule has 2 saturated heterocycles. The standard InChI is InChI=1S/C16H26N2O5/c1-10(2)17(3)14(19)11-6-8-18(9-7-11)15(20)12-4-5-13(23-12)16(21)22/h10-13H,4-9H2,1-3H3,(H,21,22)/t12-,13+/m0/s1. The SMILES string of the molecule is CC(C)N(C)C(=O)C1CCN(C(=O)[C@@H]2CC[C@H](C(=O)O)O2)CC1. The van der Waals surface area contributed by atoms with Crippen LogP contribution in [0.2, 0.25) is 0 Å². The van der Waals surface area contributed by atoms with E-state index in [4.69, 9.17) is 9.84 Å². The fourth-order valence-corrected chi connectivity index (χ4v) is 3.09. The van der Waals surface area contributed by atoms with Gasteiger partial charge in [-0.15, -0.1) is 0 Å². The van der Waals surface area contributed by atoms with Crippen LogP contribution in [-0.4, -0.2) is 71.1 Å². The van der Waals surface area contributed by atoms with Crippen LogP contribution >= 0.6 is 0 Å². The van der Waals surface area contributed by atoms with Gasteiger partial charge in [0.1, 0.15) is 6.10 Å². The number of carbonyl (C=O) groups is 3. The molecule has 2 atom stereocenters. The number of nitrogens with zero attached hydrogens (tertiary/aromatic N) is 2. The van der Waals surface area contributed by atoms with Gasteiger partial charge in [-0.3, -0.25) is 9.59 Å². The van der Waals surface area contributed by atoms with Gasteiger partial charge in [0.05, 0.1) is 0 Å². The maximum Gasteiger partial charge on any atom is 0.332 e. The van der Waals surface area contributed by atoms with E-state index in [1.165, 1.54) is 0 Å². The van der Waals surface area contributed by atoms with Crippen LogP contribution in [0.15, 0.2) is 0 Å². The minimum Gasteiger partial charge on any atom is -0.479 e. The van der Waals surface area contributed by atoms with Crippen LogP contribution in [0.4, 0.5) is 0 Å². The second-order valence-corrected chi connectivity index (χ2v) is 6.67. The van der Waals surface area contributed by atoms with Crippen LogP contribution in [0.5, 0.6) is 0 Å². The van der Waals surface area contributed by atoms with E-state index in [1.54, 1.807) is 9.80 Å². The van der Waals surface area contributed by atoms with Crippen molar-refractivity contribution in [3.05, 3.63) is 0 Å². The Balaban J connectivity index is 1.84. The number of hydrogen-bond acceptors (Lipinski definition) is 4. The van der Waals surface area contributed by atoms with Crippen molar-refractivity contribution in [3.63, 3.8) is 0 Å². The quantitative estimate of drug-likeness (QED) is 0.823. The molecule has 0 aromatic rings. The number of likely N-dealkylation sites (tertiary alicyclic amines) is 1. The van der Waals surface area contributed by atoms with E-state index in [2.05, 4.69) is 0 Å². The number of carboxylic acid groups (broad SMARTS) is 1. The molecule has 2 fully saturated rings. The van der Waals surface area contributed by atoms with E-state index in [9.17, 15) is 14.4 Å². The molecule has 2 aliphatic rings. The minimum absolute atomic E-state index is 0.0392. The zero-order valence-electron chi connectivity index (χ0n) is 14.0. The van der Waals surface area contributed by atoms with Crippen LogP contribution in [0, 0.1) is 5.92 Å². The first kappa shape index (κ1) is 17.7. The number of hydrogen-bond donors (Lipinski definition) is 1. The van der Waals surface area contributed by atoms with E-state index in [-0.39, 0.29) is 23.8 Å². The molecule has 2 amide bonds. The smallest absolute Gasteiger partial charge is 0.332 e. The molecule has 130 valence electrons. The van der Waals surface area contributed by atoms with Crippen LogP contribution in [0.25, 0.3) is 0 Å². The average Bonchev–Trinajstić information content (AvgIpc) is 3.03. The number of aliphatic carboxylic acids is 1. The highest BCUT2D eigenvalue weighted by atomic mass is 16.5. The summed E-state index contributed by atoms with van der Waals surface area (Å²) in [5, 5.41) is 8.92. The molecule has 0 unspecified atom stereocenters. The first-order valence-corrected chi connectivity index (χ1v) is 8.25. The number of piperidine rings is 1. The van der Waals surface area contributed by atoms with Crippen molar-refractivity contribution in [1.29, 1.82) is 0 Å². The van der Waals surface area contributed by atoms with E-state index in [1.807, 2.05) is 20.9 Å². The van der Waals surface area contributed by atoms with Gasteiger partial charge in [-0.25, -0.2) is 4.79 Å². The van der Waals surface area contributed by atoms with Gasteiger partial charge in [-0.1, -0.05) is 0 Å². The summed E-state index contributed by atoms with van der Waals surface area (Å²) in [4.78, 5) is 39.1. The summed E-state index contributed by atoms with van der Waals surface area (Å²) >= 11 is 0. The van der Waals surface area contributed by atoms with E-state index in [0.717, 1.165) is 0 Å². The van der Waals surface area contributed by atoms with Crippen molar-refractivity contribution in [2.75, 3.05) is 20.1 Å². The summed E-state index contributed by atoms with van der Waals surface area (Å²) in [6.45, 7) is 5.01. The second kappa shape index (κ2) is 7.29. The maximum absolute atomic E-state index is 12.4. The molecule has 2 aliphatic heterocycles. The van der Waals surface area contributed by atoms with E-state index >= 15 is 0 Å². The molecule has 0 saturated carbocycles. The van der Waals surface area contributed by atoms with Crippen molar-refractivity contribution < 1.29 is 24.2 Å². The Morgan fingerprint density at radius 1 is 1.09 bits per heavy atom. The normalized spacial score (nSPS) is 25.7. The van der Waals surface area contributed by atoms with Crippen molar-refractivity contribution in [1.82, 2.24) is 9.80 Å². The van der Waals surface area contributed by atoms with Gasteiger partial charge in [-0.05, 0) is 39.5 Å². The summed E-state index contributed by atoms with van der Waals surface area (Å²) in [6, 6.07) is 0.169. The van der Waals surface area contributed by atoms with Crippen LogP contribution < -0.4 is 0 Å². The molecule has 0 aromatic heterocycles. The monoisotopic (exact) mass is 326 g/mol. The van der Waals surface area contributed by atoms with E-state index < -0.39 is 18.2 Å². The molecule has 0 bridgehead atoms. The number of ether oxygens (including phenoxy) is 1. The Morgan fingerprint density at radius 3 is 2.13 bits per heavy atom. The largest absolute Gasteiger partial charge is 0.479 e. The Morgan fingerprint density at radius 2 is 1.65 bits per heavy atom. The average molecular weight is 326 g/mol. The third kappa shape index (κ3) is 4.02. The second-order valence-electron chi connectivity index (χ2n) is 6.67. The lowest BCUT2D eigenvalue weighted by Gasteiger charge is -2.35. The molecular weight excluding hydrogens is 300 g/mol. The molecule has 0 aliphatic carbocycles. The molecule has 0 aromatic carbocycles. The molecule has 7 heteroatoms. The summed E-state index contributed by atoms with van der Waals surface area (Å²) in [7, 11) is 1.81.